The summed E-state index contributed by atoms with van der Waals surface area (Å²) in [4.78, 5) is 0. The van der Waals surface area contributed by atoms with Gasteiger partial charge in [-0.1, -0.05) is 116 Å². The predicted molar refractivity (Wildman–Crippen MR) is 242 cm³/mol. The molecule has 1 aliphatic heterocycles. The van der Waals surface area contributed by atoms with Gasteiger partial charge in [0.15, 0.2) is 0 Å². The van der Waals surface area contributed by atoms with E-state index in [0.29, 0.717) is 0 Å². The Kier molecular flexibility index (Phi) is 7.05. The summed E-state index contributed by atoms with van der Waals surface area (Å²) in [6.45, 7) is 4.39. The molecule has 272 valence electrons. The van der Waals surface area contributed by atoms with Gasteiger partial charge in [0.05, 0.1) is 27.6 Å². The van der Waals surface area contributed by atoms with Crippen molar-refractivity contribution in [1.82, 2.24) is 13.7 Å². The van der Waals surface area contributed by atoms with Gasteiger partial charge in [-0.3, -0.25) is 4.57 Å². The molecule has 4 heteroatoms. The molecular formula is C54H35N3O. The Morgan fingerprint density at radius 3 is 1.53 bits per heavy atom. The molecule has 1 aliphatic rings. The molecule has 0 amide bonds. The number of aromatic nitrogens is 3. The Bertz CT molecular complexity index is 3470. The first kappa shape index (κ1) is 32.4. The van der Waals surface area contributed by atoms with E-state index >= 15 is 0 Å². The second-order valence-corrected chi connectivity index (χ2v) is 15.1. The van der Waals surface area contributed by atoms with Gasteiger partial charge in [-0.25, -0.2) is 0 Å². The molecule has 58 heavy (non-hydrogen) atoms. The highest BCUT2D eigenvalue weighted by Crippen LogP contribution is 2.45. The van der Waals surface area contributed by atoms with Gasteiger partial charge in [-0.05, 0) is 108 Å². The van der Waals surface area contributed by atoms with Crippen LogP contribution in [0.15, 0.2) is 201 Å². The van der Waals surface area contributed by atoms with Crippen molar-refractivity contribution >= 4 is 66.2 Å². The molecule has 4 nitrogen and oxygen atoms in total. The molecule has 11 aromatic rings. The fourth-order valence-electron chi connectivity index (χ4n) is 9.14. The van der Waals surface area contributed by atoms with Gasteiger partial charge in [-0.2, -0.15) is 0 Å². The van der Waals surface area contributed by atoms with Crippen molar-refractivity contribution in [1.29, 1.82) is 0 Å². The van der Waals surface area contributed by atoms with E-state index in [2.05, 4.69) is 196 Å². The van der Waals surface area contributed by atoms with Crippen LogP contribution in [0, 0.1) is 0 Å². The molecule has 0 saturated carbocycles. The van der Waals surface area contributed by atoms with Crippen molar-refractivity contribution in [3.8, 4) is 39.8 Å². The maximum absolute atomic E-state index is 6.86. The average molecular weight is 742 g/mol. The third-order valence-corrected chi connectivity index (χ3v) is 11.8. The highest BCUT2D eigenvalue weighted by atomic mass is 16.5. The summed E-state index contributed by atoms with van der Waals surface area (Å²) < 4.78 is 13.9. The third-order valence-electron chi connectivity index (χ3n) is 11.8. The molecule has 0 saturated heterocycles. The minimum atomic E-state index is 0.787. The van der Waals surface area contributed by atoms with Crippen LogP contribution >= 0.6 is 0 Å². The Labute approximate surface area is 335 Å². The van der Waals surface area contributed by atoms with E-state index < -0.39 is 0 Å². The molecular weight excluding hydrogens is 707 g/mol. The predicted octanol–water partition coefficient (Wildman–Crippen LogP) is 14.3. The van der Waals surface area contributed by atoms with Crippen LogP contribution in [0.5, 0.6) is 11.6 Å². The van der Waals surface area contributed by atoms with E-state index in [1.165, 1.54) is 43.6 Å². The lowest BCUT2D eigenvalue weighted by molar-refractivity contribution is 0.452. The third kappa shape index (κ3) is 4.82. The van der Waals surface area contributed by atoms with Gasteiger partial charge in [0.25, 0.3) is 0 Å². The van der Waals surface area contributed by atoms with E-state index in [-0.39, 0.29) is 0 Å². The van der Waals surface area contributed by atoms with Crippen molar-refractivity contribution in [3.63, 3.8) is 0 Å². The lowest BCUT2D eigenvalue weighted by atomic mass is 9.99. The van der Waals surface area contributed by atoms with Crippen molar-refractivity contribution in [2.45, 2.75) is 0 Å². The van der Waals surface area contributed by atoms with Crippen LogP contribution in [0.4, 0.5) is 0 Å². The summed E-state index contributed by atoms with van der Waals surface area (Å²) >= 11 is 0. The molecule has 0 radical (unpaired) electrons. The van der Waals surface area contributed by atoms with Crippen molar-refractivity contribution in [2.75, 3.05) is 0 Å². The molecule has 0 unspecified atom stereocenters. The average Bonchev–Trinajstić information content (AvgIpc) is 3.89. The number of fused-ring (bicyclic) bond motifs is 10. The van der Waals surface area contributed by atoms with Crippen LogP contribution in [0.2, 0.25) is 0 Å². The first-order valence-corrected chi connectivity index (χ1v) is 19.7. The number of allylic oxidation sites excluding steroid dienone is 2. The van der Waals surface area contributed by atoms with Crippen LogP contribution in [0.3, 0.4) is 0 Å². The lowest BCUT2D eigenvalue weighted by Gasteiger charge is -2.17. The minimum absolute atomic E-state index is 0.787. The van der Waals surface area contributed by atoms with Crippen molar-refractivity contribution < 1.29 is 4.74 Å². The fourth-order valence-corrected chi connectivity index (χ4v) is 9.14. The standard InChI is InChI=1S/C54H35N3O/c1-35-25-28-43-44-31-36(27-30-50(44)57(40-19-9-4-10-20-40)54(43)58-53-24-14-12-21-41(35)53)37-26-29-49-45(32-37)47-33-46-42-22-11-13-23-48(42)55(38-15-5-2-6-16-38)51(46)34-52(47)56(49)39-17-7-3-8-18-39/h2-34H,1H2/b28-25-. The second kappa shape index (κ2) is 12.6. The summed E-state index contributed by atoms with van der Waals surface area (Å²) in [5.41, 5.74) is 14.3. The topological polar surface area (TPSA) is 24.0 Å². The van der Waals surface area contributed by atoms with Crippen molar-refractivity contribution in [3.05, 3.63) is 212 Å². The number of ether oxygens (including phenoxy) is 1. The maximum atomic E-state index is 6.86. The van der Waals surface area contributed by atoms with Gasteiger partial charge in [0.2, 0.25) is 5.88 Å². The first-order valence-electron chi connectivity index (χ1n) is 19.7. The normalized spacial score (nSPS) is 13.1. The summed E-state index contributed by atoms with van der Waals surface area (Å²) in [5, 5.41) is 6.02. The van der Waals surface area contributed by atoms with E-state index in [1.54, 1.807) is 0 Å². The Hall–Kier alpha value is -7.82. The molecule has 0 aliphatic carbocycles. The lowest BCUT2D eigenvalue weighted by Crippen LogP contribution is -2.00. The van der Waals surface area contributed by atoms with Crippen LogP contribution < -0.4 is 4.74 Å². The van der Waals surface area contributed by atoms with E-state index in [9.17, 15) is 0 Å². The molecule has 4 heterocycles. The van der Waals surface area contributed by atoms with Crippen molar-refractivity contribution in [2.24, 2.45) is 0 Å². The molecule has 0 N–H and O–H groups in total. The van der Waals surface area contributed by atoms with Gasteiger partial charge >= 0.3 is 0 Å². The Morgan fingerprint density at radius 2 is 0.862 bits per heavy atom. The largest absolute Gasteiger partial charge is 0.439 e. The number of para-hydroxylation sites is 5. The number of nitrogens with zero attached hydrogens (tertiary/aromatic N) is 3. The number of hydrogen-bond acceptors (Lipinski definition) is 1. The quantitative estimate of drug-likeness (QED) is 0.176. The molecule has 0 bridgehead atoms. The summed E-state index contributed by atoms with van der Waals surface area (Å²) in [6.07, 6.45) is 4.27. The summed E-state index contributed by atoms with van der Waals surface area (Å²) in [6, 6.07) is 67.3. The smallest absolute Gasteiger partial charge is 0.213 e. The number of rotatable bonds is 4. The van der Waals surface area contributed by atoms with Crippen LogP contribution in [-0.4, -0.2) is 13.7 Å². The summed E-state index contributed by atoms with van der Waals surface area (Å²) in [7, 11) is 0. The Balaban J connectivity index is 1.11. The molecule has 0 fully saturated rings. The van der Waals surface area contributed by atoms with Crippen LogP contribution in [0.1, 0.15) is 11.1 Å². The highest BCUT2D eigenvalue weighted by Gasteiger charge is 2.24. The SMILES string of the molecule is C=C1/C=C\c2c(n(-c3ccccc3)c3ccc(-c4ccc5c(c4)c4cc6c7ccccc7n(-c7ccccc7)c6cc4n5-c4ccccc4)cc23)Oc2ccccc21. The van der Waals surface area contributed by atoms with E-state index in [4.69, 9.17) is 4.74 Å². The molecule has 8 aromatic carbocycles. The molecule has 12 rings (SSSR count). The van der Waals surface area contributed by atoms with Gasteiger partial charge in [-0.15, -0.1) is 0 Å². The van der Waals surface area contributed by atoms with Gasteiger partial charge < -0.3 is 13.9 Å². The summed E-state index contributed by atoms with van der Waals surface area (Å²) in [5.74, 6) is 1.58. The monoisotopic (exact) mass is 741 g/mol. The van der Waals surface area contributed by atoms with Gasteiger partial charge in [0.1, 0.15) is 5.75 Å². The van der Waals surface area contributed by atoms with Gasteiger partial charge in [0, 0.05) is 55.1 Å². The fraction of sp³-hybridized carbons (Fsp3) is 0. The zero-order valence-corrected chi connectivity index (χ0v) is 31.5. The Morgan fingerprint density at radius 1 is 0.362 bits per heavy atom. The van der Waals surface area contributed by atoms with Crippen LogP contribution in [0.25, 0.3) is 94.4 Å². The number of benzene rings is 8. The van der Waals surface area contributed by atoms with Crippen LogP contribution in [-0.2, 0) is 0 Å². The molecule has 0 atom stereocenters. The number of hydrogen-bond donors (Lipinski definition) is 0. The second-order valence-electron chi connectivity index (χ2n) is 15.1. The molecule has 3 aromatic heterocycles. The molecule has 0 spiro atoms. The van der Waals surface area contributed by atoms with E-state index in [1.807, 2.05) is 24.3 Å². The zero-order chi connectivity index (χ0) is 38.3. The maximum Gasteiger partial charge on any atom is 0.213 e. The minimum Gasteiger partial charge on any atom is -0.439 e. The first-order chi connectivity index (χ1) is 28.7. The van der Waals surface area contributed by atoms with E-state index in [0.717, 1.165) is 67.4 Å². The zero-order valence-electron chi connectivity index (χ0n) is 31.5. The highest BCUT2D eigenvalue weighted by molar-refractivity contribution is 6.19.